The number of aromatic nitrogens is 3. The van der Waals surface area contributed by atoms with Crippen molar-refractivity contribution in [2.75, 3.05) is 11.5 Å². The van der Waals surface area contributed by atoms with Gasteiger partial charge in [-0.15, -0.1) is 0 Å². The lowest BCUT2D eigenvalue weighted by atomic mass is 10.1. The number of hydrogen-bond donors (Lipinski definition) is 0. The number of rotatable bonds is 10. The second kappa shape index (κ2) is 10.6. The van der Waals surface area contributed by atoms with Crippen LogP contribution in [-0.2, 0) is 31.0 Å². The lowest BCUT2D eigenvalue weighted by Gasteiger charge is -2.25. The summed E-state index contributed by atoms with van der Waals surface area (Å²) in [6, 6.07) is 23.3. The average Bonchev–Trinajstić information content (AvgIpc) is 3.14. The van der Waals surface area contributed by atoms with E-state index in [-0.39, 0.29) is 0 Å². The minimum atomic E-state index is 0.504. The van der Waals surface area contributed by atoms with E-state index < -0.39 is 0 Å². The van der Waals surface area contributed by atoms with Gasteiger partial charge in [-0.05, 0) is 37.0 Å². The molecule has 0 aliphatic heterocycles. The van der Waals surface area contributed by atoms with Crippen LogP contribution in [0, 0.1) is 12.8 Å². The van der Waals surface area contributed by atoms with Crippen LogP contribution in [0.2, 0.25) is 0 Å². The van der Waals surface area contributed by atoms with Gasteiger partial charge < -0.3 is 14.2 Å². The van der Waals surface area contributed by atoms with E-state index in [1.165, 1.54) is 11.1 Å². The van der Waals surface area contributed by atoms with Crippen LogP contribution in [0.5, 0.6) is 0 Å². The molecule has 5 nitrogen and oxygen atoms in total. The Balaban J connectivity index is 1.84. The Hall–Kier alpha value is -3.18. The zero-order chi connectivity index (χ0) is 23.2. The highest BCUT2D eigenvalue weighted by Gasteiger charge is 2.21. The van der Waals surface area contributed by atoms with Crippen molar-refractivity contribution >= 4 is 16.9 Å². The molecule has 0 saturated carbocycles. The van der Waals surface area contributed by atoms with Crippen molar-refractivity contribution < 1.29 is 4.74 Å². The third kappa shape index (κ3) is 5.60. The zero-order valence-corrected chi connectivity index (χ0v) is 20.2. The summed E-state index contributed by atoms with van der Waals surface area (Å²) in [6.45, 7) is 12.2. The molecule has 0 atom stereocenters. The van der Waals surface area contributed by atoms with Gasteiger partial charge in [-0.1, -0.05) is 74.5 Å². The number of pyridine rings is 1. The molecule has 2 aromatic heterocycles. The van der Waals surface area contributed by atoms with Crippen molar-refractivity contribution in [1.82, 2.24) is 14.5 Å². The highest BCUT2D eigenvalue weighted by atomic mass is 16.5. The summed E-state index contributed by atoms with van der Waals surface area (Å²) >= 11 is 0. The molecule has 0 bridgehead atoms. The number of aryl methyl sites for hydroxylation is 1. The molecule has 0 saturated heterocycles. The Morgan fingerprint density at radius 1 is 0.909 bits per heavy atom. The number of imidazole rings is 1. The first-order chi connectivity index (χ1) is 16.0. The topological polar surface area (TPSA) is 43.2 Å². The highest BCUT2D eigenvalue weighted by Crippen LogP contribution is 2.30. The summed E-state index contributed by atoms with van der Waals surface area (Å²) in [4.78, 5) is 12.4. The third-order valence-corrected chi connectivity index (χ3v) is 5.64. The molecule has 2 aromatic carbocycles. The number of fused-ring (bicyclic) bond motifs is 1. The molecule has 0 spiro atoms. The SMILES string of the molecule is CCOCc1nc2c(N(Cc3ccccc3)Cc3ccccc3)nc(C)cc2n1CC(C)C. The quantitative estimate of drug-likeness (QED) is 0.296. The van der Waals surface area contributed by atoms with Gasteiger partial charge in [0.1, 0.15) is 17.9 Å². The standard InChI is InChI=1S/C28H34N4O/c1-5-33-20-26-30-27-25(32(26)17-21(2)3)16-22(4)29-28(27)31(18-23-12-8-6-9-13-23)19-24-14-10-7-11-15-24/h6-16,21H,5,17-20H2,1-4H3. The van der Waals surface area contributed by atoms with E-state index in [2.05, 4.69) is 97.0 Å². The highest BCUT2D eigenvalue weighted by molar-refractivity contribution is 5.87. The van der Waals surface area contributed by atoms with Crippen molar-refractivity contribution in [2.45, 2.75) is 53.9 Å². The lowest BCUT2D eigenvalue weighted by Crippen LogP contribution is -2.24. The normalized spacial score (nSPS) is 11.4. The van der Waals surface area contributed by atoms with Crippen LogP contribution in [0.1, 0.15) is 43.4 Å². The summed E-state index contributed by atoms with van der Waals surface area (Å²) < 4.78 is 8.09. The molecule has 172 valence electrons. The molecular formula is C28H34N4O. The minimum absolute atomic E-state index is 0.504. The van der Waals surface area contributed by atoms with E-state index in [0.717, 1.165) is 48.0 Å². The first-order valence-corrected chi connectivity index (χ1v) is 11.8. The molecule has 5 heteroatoms. The van der Waals surface area contributed by atoms with E-state index in [1.807, 2.05) is 6.92 Å². The largest absolute Gasteiger partial charge is 0.374 e. The third-order valence-electron chi connectivity index (χ3n) is 5.64. The van der Waals surface area contributed by atoms with Crippen LogP contribution in [0.15, 0.2) is 66.7 Å². The van der Waals surface area contributed by atoms with Crippen molar-refractivity contribution in [3.05, 3.63) is 89.4 Å². The van der Waals surface area contributed by atoms with Gasteiger partial charge in [0.05, 0.1) is 5.52 Å². The van der Waals surface area contributed by atoms with E-state index in [0.29, 0.717) is 19.1 Å². The fourth-order valence-corrected chi connectivity index (χ4v) is 4.18. The van der Waals surface area contributed by atoms with E-state index >= 15 is 0 Å². The summed E-state index contributed by atoms with van der Waals surface area (Å²) in [5.74, 6) is 2.40. The van der Waals surface area contributed by atoms with Gasteiger partial charge in [0, 0.05) is 31.9 Å². The fraction of sp³-hybridized carbons (Fsp3) is 0.357. The lowest BCUT2D eigenvalue weighted by molar-refractivity contribution is 0.125. The van der Waals surface area contributed by atoms with Crippen LogP contribution >= 0.6 is 0 Å². The van der Waals surface area contributed by atoms with Crippen molar-refractivity contribution in [3.63, 3.8) is 0 Å². The van der Waals surface area contributed by atoms with Gasteiger partial charge in [-0.2, -0.15) is 0 Å². The number of hydrogen-bond acceptors (Lipinski definition) is 4. The second-order valence-electron chi connectivity index (χ2n) is 8.95. The Kier molecular flexibility index (Phi) is 7.40. The Morgan fingerprint density at radius 3 is 2.06 bits per heavy atom. The Bertz CT molecular complexity index is 1130. The summed E-state index contributed by atoms with van der Waals surface area (Å²) in [7, 11) is 0. The Morgan fingerprint density at radius 2 is 1.52 bits per heavy atom. The molecule has 2 heterocycles. The Labute approximate surface area is 197 Å². The predicted octanol–water partition coefficient (Wildman–Crippen LogP) is 6.14. The molecule has 0 unspecified atom stereocenters. The smallest absolute Gasteiger partial charge is 0.157 e. The zero-order valence-electron chi connectivity index (χ0n) is 20.2. The first kappa shape index (κ1) is 23.0. The van der Waals surface area contributed by atoms with E-state index in [4.69, 9.17) is 14.7 Å². The molecular weight excluding hydrogens is 408 g/mol. The number of benzene rings is 2. The minimum Gasteiger partial charge on any atom is -0.374 e. The molecule has 33 heavy (non-hydrogen) atoms. The van der Waals surface area contributed by atoms with E-state index in [1.54, 1.807) is 0 Å². The maximum atomic E-state index is 5.78. The van der Waals surface area contributed by atoms with Gasteiger partial charge in [0.25, 0.3) is 0 Å². The monoisotopic (exact) mass is 442 g/mol. The van der Waals surface area contributed by atoms with Crippen molar-refractivity contribution in [2.24, 2.45) is 5.92 Å². The van der Waals surface area contributed by atoms with Gasteiger partial charge in [0.2, 0.25) is 0 Å². The van der Waals surface area contributed by atoms with Gasteiger partial charge >= 0.3 is 0 Å². The number of ether oxygens (including phenoxy) is 1. The van der Waals surface area contributed by atoms with Crippen molar-refractivity contribution in [1.29, 1.82) is 0 Å². The van der Waals surface area contributed by atoms with Crippen LogP contribution in [0.25, 0.3) is 11.0 Å². The second-order valence-corrected chi connectivity index (χ2v) is 8.95. The average molecular weight is 443 g/mol. The molecule has 0 aliphatic carbocycles. The fourth-order valence-electron chi connectivity index (χ4n) is 4.18. The molecule has 0 fully saturated rings. The molecule has 4 rings (SSSR count). The van der Waals surface area contributed by atoms with Gasteiger partial charge in [-0.3, -0.25) is 0 Å². The van der Waals surface area contributed by atoms with Gasteiger partial charge in [0.15, 0.2) is 5.82 Å². The summed E-state index contributed by atoms with van der Waals surface area (Å²) in [6.07, 6.45) is 0. The predicted molar refractivity (Wildman–Crippen MR) is 135 cm³/mol. The van der Waals surface area contributed by atoms with Crippen LogP contribution < -0.4 is 4.90 Å². The van der Waals surface area contributed by atoms with Crippen LogP contribution in [0.4, 0.5) is 5.82 Å². The molecule has 4 aromatic rings. The van der Waals surface area contributed by atoms with Crippen LogP contribution in [0.3, 0.4) is 0 Å². The summed E-state index contributed by atoms with van der Waals surface area (Å²) in [5.41, 5.74) is 5.58. The molecule has 0 radical (unpaired) electrons. The maximum absolute atomic E-state index is 5.78. The van der Waals surface area contributed by atoms with Gasteiger partial charge in [-0.25, -0.2) is 9.97 Å². The number of nitrogens with zero attached hydrogens (tertiary/aromatic N) is 4. The first-order valence-electron chi connectivity index (χ1n) is 11.8. The maximum Gasteiger partial charge on any atom is 0.157 e. The summed E-state index contributed by atoms with van der Waals surface area (Å²) in [5, 5.41) is 0. The molecule has 0 N–H and O–H groups in total. The van der Waals surface area contributed by atoms with E-state index in [9.17, 15) is 0 Å². The number of anilines is 1. The van der Waals surface area contributed by atoms with Crippen LogP contribution in [-0.4, -0.2) is 21.1 Å². The van der Waals surface area contributed by atoms with Crippen molar-refractivity contribution in [3.8, 4) is 0 Å². The molecule has 0 amide bonds. The molecule has 0 aliphatic rings.